The number of hydrogen-bond donors (Lipinski definition) is 3. The van der Waals surface area contributed by atoms with Crippen LogP contribution in [0.3, 0.4) is 0 Å². The van der Waals surface area contributed by atoms with Gasteiger partial charge >= 0.3 is 0 Å². The second-order valence-electron chi connectivity index (χ2n) is 6.91. The van der Waals surface area contributed by atoms with E-state index in [9.17, 15) is 5.11 Å². The molecule has 0 saturated carbocycles. The molecule has 0 amide bonds. The first-order valence-corrected chi connectivity index (χ1v) is 7.77. The number of aliphatic hydroxyl groups is 1. The van der Waals surface area contributed by atoms with Gasteiger partial charge in [-0.3, -0.25) is 0 Å². The van der Waals surface area contributed by atoms with Crippen molar-refractivity contribution < 1.29 is 5.11 Å². The predicted octanol–water partition coefficient (Wildman–Crippen LogP) is 3.02. The third kappa shape index (κ3) is 6.29. The Morgan fingerprint density at radius 3 is 2.19 bits per heavy atom. The average Bonchev–Trinajstić information content (AvgIpc) is 2.35. The van der Waals surface area contributed by atoms with Gasteiger partial charge in [-0.15, -0.1) is 0 Å². The van der Waals surface area contributed by atoms with E-state index in [4.69, 9.17) is 0 Å². The Labute approximate surface area is 128 Å². The maximum Gasteiger partial charge on any atom is 0.138 e. The van der Waals surface area contributed by atoms with Crippen LogP contribution in [0.1, 0.15) is 53.8 Å². The monoisotopic (exact) mass is 294 g/mol. The minimum atomic E-state index is -0.361. The zero-order valence-electron chi connectivity index (χ0n) is 14.2. The molecule has 3 N–H and O–H groups in total. The van der Waals surface area contributed by atoms with Gasteiger partial charge in [-0.1, -0.05) is 34.6 Å². The molecule has 0 aliphatic carbocycles. The van der Waals surface area contributed by atoms with Crippen LogP contribution in [0.25, 0.3) is 0 Å². The third-order valence-corrected chi connectivity index (χ3v) is 3.02. The number of aromatic nitrogens is 2. The molecule has 0 aliphatic heterocycles. The van der Waals surface area contributed by atoms with Crippen LogP contribution in [-0.2, 0) is 5.41 Å². The Morgan fingerprint density at radius 1 is 1.14 bits per heavy atom. The lowest BCUT2D eigenvalue weighted by molar-refractivity contribution is 0.161. The normalized spacial score (nSPS) is 13.3. The van der Waals surface area contributed by atoms with Crippen LogP contribution in [0.5, 0.6) is 0 Å². The molecule has 0 radical (unpaired) electrons. The minimum absolute atomic E-state index is 0.113. The number of rotatable bonds is 7. The molecule has 1 aromatic heterocycles. The molecule has 1 unspecified atom stereocenters. The van der Waals surface area contributed by atoms with Crippen molar-refractivity contribution in [2.75, 3.05) is 23.7 Å². The van der Waals surface area contributed by atoms with E-state index in [2.05, 4.69) is 55.2 Å². The summed E-state index contributed by atoms with van der Waals surface area (Å²) in [5.74, 6) is 2.85. The highest BCUT2D eigenvalue weighted by atomic mass is 16.3. The summed E-state index contributed by atoms with van der Waals surface area (Å²) in [5, 5.41) is 16.4. The van der Waals surface area contributed by atoms with Crippen molar-refractivity contribution in [2.45, 2.75) is 59.5 Å². The maximum atomic E-state index is 9.96. The zero-order chi connectivity index (χ0) is 16.0. The Morgan fingerprint density at radius 2 is 1.71 bits per heavy atom. The molecule has 0 saturated heterocycles. The van der Waals surface area contributed by atoms with Gasteiger partial charge in [-0.25, -0.2) is 9.97 Å². The maximum absolute atomic E-state index is 9.96. The summed E-state index contributed by atoms with van der Waals surface area (Å²) in [6.45, 7) is 13.9. The molecule has 1 atom stereocenters. The van der Waals surface area contributed by atoms with Gasteiger partial charge in [0.15, 0.2) is 0 Å². The first-order valence-electron chi connectivity index (χ1n) is 7.77. The fraction of sp³-hybridized carbons (Fsp3) is 0.750. The number of nitrogens with zero attached hydrogens (tertiary/aromatic N) is 2. The Bertz CT molecular complexity index is 440. The van der Waals surface area contributed by atoms with Gasteiger partial charge in [0.05, 0.1) is 6.10 Å². The number of anilines is 2. The first-order chi connectivity index (χ1) is 9.72. The first kappa shape index (κ1) is 17.7. The van der Waals surface area contributed by atoms with Crippen molar-refractivity contribution in [3.05, 3.63) is 11.9 Å². The zero-order valence-corrected chi connectivity index (χ0v) is 14.2. The topological polar surface area (TPSA) is 70.1 Å². The number of hydrogen-bond acceptors (Lipinski definition) is 5. The van der Waals surface area contributed by atoms with Crippen molar-refractivity contribution >= 4 is 11.6 Å². The Balaban J connectivity index is 2.83. The van der Waals surface area contributed by atoms with Gasteiger partial charge in [0.2, 0.25) is 0 Å². The molecule has 21 heavy (non-hydrogen) atoms. The number of nitrogens with one attached hydrogen (secondary N) is 2. The summed E-state index contributed by atoms with van der Waals surface area (Å²) in [4.78, 5) is 9.11. The molecule has 0 aliphatic rings. The van der Waals surface area contributed by atoms with Crippen molar-refractivity contribution in [1.82, 2.24) is 9.97 Å². The highest BCUT2D eigenvalue weighted by Crippen LogP contribution is 2.22. The largest absolute Gasteiger partial charge is 0.391 e. The molecule has 1 rings (SSSR count). The smallest absolute Gasteiger partial charge is 0.138 e. The SMILES string of the molecule is CCNc1cc(NCC(O)CC(C)C)nc(C(C)(C)C)n1. The summed E-state index contributed by atoms with van der Waals surface area (Å²) >= 11 is 0. The van der Waals surface area contributed by atoms with Crippen LogP contribution in [0.2, 0.25) is 0 Å². The summed E-state index contributed by atoms with van der Waals surface area (Å²) in [6.07, 6.45) is 0.422. The number of aliphatic hydroxyl groups excluding tert-OH is 1. The van der Waals surface area contributed by atoms with E-state index in [0.717, 1.165) is 30.4 Å². The van der Waals surface area contributed by atoms with E-state index in [0.29, 0.717) is 12.5 Å². The molecule has 0 bridgehead atoms. The van der Waals surface area contributed by atoms with E-state index in [1.165, 1.54) is 0 Å². The fourth-order valence-corrected chi connectivity index (χ4v) is 1.99. The van der Waals surface area contributed by atoms with Crippen LogP contribution < -0.4 is 10.6 Å². The van der Waals surface area contributed by atoms with Gasteiger partial charge in [-0.2, -0.15) is 0 Å². The quantitative estimate of drug-likeness (QED) is 0.721. The van der Waals surface area contributed by atoms with E-state index in [1.807, 2.05) is 13.0 Å². The van der Waals surface area contributed by atoms with Crippen LogP contribution in [0.15, 0.2) is 6.07 Å². The predicted molar refractivity (Wildman–Crippen MR) is 88.8 cm³/mol. The van der Waals surface area contributed by atoms with Crippen molar-refractivity contribution in [3.63, 3.8) is 0 Å². The van der Waals surface area contributed by atoms with Crippen LogP contribution in [-0.4, -0.2) is 34.3 Å². The van der Waals surface area contributed by atoms with E-state index >= 15 is 0 Å². The molecule has 5 heteroatoms. The molecule has 0 aromatic carbocycles. The van der Waals surface area contributed by atoms with Gasteiger partial charge in [-0.05, 0) is 19.3 Å². The van der Waals surface area contributed by atoms with Crippen LogP contribution in [0.4, 0.5) is 11.6 Å². The standard InChI is InChI=1S/C16H30N4O/c1-7-17-13-9-14(18-10-12(21)8-11(2)3)20-15(19-13)16(4,5)6/h9,11-12,21H,7-8,10H2,1-6H3,(H2,17,18,19,20). The molecule has 0 fully saturated rings. The molecule has 5 nitrogen and oxygen atoms in total. The van der Waals surface area contributed by atoms with Gasteiger partial charge < -0.3 is 15.7 Å². The summed E-state index contributed by atoms with van der Waals surface area (Å²) < 4.78 is 0. The van der Waals surface area contributed by atoms with Crippen molar-refractivity contribution in [1.29, 1.82) is 0 Å². The Hall–Kier alpha value is -1.36. The molecular weight excluding hydrogens is 264 g/mol. The van der Waals surface area contributed by atoms with Gasteiger partial charge in [0, 0.05) is 24.6 Å². The molecule has 120 valence electrons. The summed E-state index contributed by atoms with van der Waals surface area (Å²) in [5.41, 5.74) is -0.113. The fourth-order valence-electron chi connectivity index (χ4n) is 1.99. The average molecular weight is 294 g/mol. The van der Waals surface area contributed by atoms with Crippen molar-refractivity contribution in [2.24, 2.45) is 5.92 Å². The van der Waals surface area contributed by atoms with Gasteiger partial charge in [0.1, 0.15) is 17.5 Å². The van der Waals surface area contributed by atoms with E-state index < -0.39 is 0 Å². The molecular formula is C16H30N4O. The highest BCUT2D eigenvalue weighted by molar-refractivity contribution is 5.48. The lowest BCUT2D eigenvalue weighted by atomic mass is 9.96. The summed E-state index contributed by atoms with van der Waals surface area (Å²) in [6, 6.07) is 1.89. The minimum Gasteiger partial charge on any atom is -0.391 e. The Kier molecular flexibility index (Phi) is 6.40. The molecule has 1 aromatic rings. The molecule has 1 heterocycles. The van der Waals surface area contributed by atoms with E-state index in [-0.39, 0.29) is 11.5 Å². The lowest BCUT2D eigenvalue weighted by Crippen LogP contribution is -2.23. The van der Waals surface area contributed by atoms with Crippen LogP contribution >= 0.6 is 0 Å². The molecule has 0 spiro atoms. The highest BCUT2D eigenvalue weighted by Gasteiger charge is 2.19. The van der Waals surface area contributed by atoms with E-state index in [1.54, 1.807) is 0 Å². The third-order valence-electron chi connectivity index (χ3n) is 3.02. The second kappa shape index (κ2) is 7.59. The van der Waals surface area contributed by atoms with Crippen LogP contribution in [0, 0.1) is 5.92 Å². The van der Waals surface area contributed by atoms with Gasteiger partial charge in [0.25, 0.3) is 0 Å². The summed E-state index contributed by atoms with van der Waals surface area (Å²) in [7, 11) is 0. The van der Waals surface area contributed by atoms with Crippen molar-refractivity contribution in [3.8, 4) is 0 Å². The lowest BCUT2D eigenvalue weighted by Gasteiger charge is -2.20. The second-order valence-corrected chi connectivity index (χ2v) is 6.91.